The first-order chi connectivity index (χ1) is 8.49. The van der Waals surface area contributed by atoms with Crippen molar-refractivity contribution in [2.75, 3.05) is 39.4 Å². The first-order valence-electron chi connectivity index (χ1n) is 7.53. The van der Waals surface area contributed by atoms with Gasteiger partial charge in [0, 0.05) is 24.5 Å². The summed E-state index contributed by atoms with van der Waals surface area (Å²) in [6.07, 6.45) is 4.14. The van der Waals surface area contributed by atoms with E-state index in [4.69, 9.17) is 4.74 Å². The minimum absolute atomic E-state index is 0.228. The summed E-state index contributed by atoms with van der Waals surface area (Å²) in [6, 6.07) is 0.553. The third-order valence-electron chi connectivity index (χ3n) is 3.48. The maximum atomic E-state index is 5.85. The Morgan fingerprint density at radius 3 is 2.44 bits per heavy atom. The second kappa shape index (κ2) is 8.13. The van der Waals surface area contributed by atoms with E-state index >= 15 is 0 Å². The van der Waals surface area contributed by atoms with Crippen LogP contribution in [0.5, 0.6) is 0 Å². The zero-order valence-corrected chi connectivity index (χ0v) is 12.8. The van der Waals surface area contributed by atoms with Gasteiger partial charge in [-0.3, -0.25) is 0 Å². The largest absolute Gasteiger partial charge is 0.380 e. The molecule has 0 unspecified atom stereocenters. The number of hydrogen-bond donors (Lipinski definition) is 1. The van der Waals surface area contributed by atoms with Gasteiger partial charge in [-0.05, 0) is 25.9 Å². The second-order valence-corrected chi connectivity index (χ2v) is 6.65. The maximum Gasteiger partial charge on any atom is 0.0593 e. The van der Waals surface area contributed by atoms with E-state index in [9.17, 15) is 0 Å². The van der Waals surface area contributed by atoms with E-state index in [-0.39, 0.29) is 5.41 Å². The molecular weight excluding hydrogens is 224 g/mol. The number of likely N-dealkylation sites (tertiary alicyclic amines) is 1. The lowest BCUT2D eigenvalue weighted by atomic mass is 9.94. The molecule has 1 rings (SSSR count). The molecule has 0 bridgehead atoms. The van der Waals surface area contributed by atoms with Crippen LogP contribution in [0.2, 0.25) is 0 Å². The van der Waals surface area contributed by atoms with E-state index in [2.05, 4.69) is 37.9 Å². The molecule has 0 aromatic heterocycles. The maximum absolute atomic E-state index is 5.85. The molecule has 1 fully saturated rings. The molecule has 0 aromatic carbocycles. The van der Waals surface area contributed by atoms with Crippen LogP contribution in [-0.4, -0.2) is 50.3 Å². The summed E-state index contributed by atoms with van der Waals surface area (Å²) in [5, 5.41) is 3.49. The number of ether oxygens (including phenoxy) is 1. The zero-order chi connectivity index (χ0) is 13.4. The number of piperidine rings is 1. The zero-order valence-electron chi connectivity index (χ0n) is 12.8. The van der Waals surface area contributed by atoms with E-state index in [1.807, 2.05) is 0 Å². The normalized spacial score (nSPS) is 18.5. The van der Waals surface area contributed by atoms with Crippen molar-refractivity contribution in [2.24, 2.45) is 5.41 Å². The second-order valence-electron chi connectivity index (χ2n) is 6.65. The quantitative estimate of drug-likeness (QED) is 0.675. The fraction of sp³-hybridized carbons (Fsp3) is 1.00. The number of rotatable bonds is 8. The summed E-state index contributed by atoms with van der Waals surface area (Å²) in [6.45, 7) is 15.3. The van der Waals surface area contributed by atoms with Gasteiger partial charge in [-0.2, -0.15) is 0 Å². The van der Waals surface area contributed by atoms with E-state index in [0.717, 1.165) is 26.3 Å². The van der Waals surface area contributed by atoms with Crippen molar-refractivity contribution in [3.8, 4) is 0 Å². The highest BCUT2D eigenvalue weighted by Crippen LogP contribution is 2.14. The van der Waals surface area contributed by atoms with E-state index in [1.165, 1.54) is 32.4 Å². The summed E-state index contributed by atoms with van der Waals surface area (Å²) < 4.78 is 5.85. The standard InChI is InChI=1S/C15H32N2O/c1-14(2)16-12-15(3,4)13-18-11-10-17-8-6-5-7-9-17/h14,16H,5-13H2,1-4H3. The molecule has 18 heavy (non-hydrogen) atoms. The van der Waals surface area contributed by atoms with Crippen LogP contribution in [0.3, 0.4) is 0 Å². The molecule has 1 aliphatic rings. The fourth-order valence-electron chi connectivity index (χ4n) is 2.26. The summed E-state index contributed by atoms with van der Waals surface area (Å²) in [5.41, 5.74) is 0.228. The van der Waals surface area contributed by atoms with Crippen molar-refractivity contribution >= 4 is 0 Å². The number of nitrogens with one attached hydrogen (secondary N) is 1. The van der Waals surface area contributed by atoms with Crippen molar-refractivity contribution in [3.63, 3.8) is 0 Å². The minimum atomic E-state index is 0.228. The van der Waals surface area contributed by atoms with Gasteiger partial charge in [-0.15, -0.1) is 0 Å². The van der Waals surface area contributed by atoms with Gasteiger partial charge in [-0.25, -0.2) is 0 Å². The molecule has 108 valence electrons. The Balaban J connectivity index is 2.04. The van der Waals surface area contributed by atoms with Crippen LogP contribution in [0.15, 0.2) is 0 Å². The SMILES string of the molecule is CC(C)NCC(C)(C)COCCN1CCCCC1. The Hall–Kier alpha value is -0.120. The van der Waals surface area contributed by atoms with Crippen LogP contribution < -0.4 is 5.32 Å². The Morgan fingerprint density at radius 2 is 1.83 bits per heavy atom. The molecule has 1 aliphatic heterocycles. The Labute approximate surface area is 113 Å². The van der Waals surface area contributed by atoms with E-state index < -0.39 is 0 Å². The lowest BCUT2D eigenvalue weighted by Crippen LogP contribution is -2.38. The van der Waals surface area contributed by atoms with Crippen LogP contribution in [0.4, 0.5) is 0 Å². The van der Waals surface area contributed by atoms with Crippen LogP contribution >= 0.6 is 0 Å². The molecule has 0 aromatic rings. The van der Waals surface area contributed by atoms with E-state index in [0.29, 0.717) is 6.04 Å². The van der Waals surface area contributed by atoms with Crippen molar-refractivity contribution in [1.82, 2.24) is 10.2 Å². The molecule has 1 saturated heterocycles. The smallest absolute Gasteiger partial charge is 0.0593 e. The number of nitrogens with zero attached hydrogens (tertiary/aromatic N) is 1. The highest BCUT2D eigenvalue weighted by Gasteiger charge is 2.18. The summed E-state index contributed by atoms with van der Waals surface area (Å²) in [5.74, 6) is 0. The molecule has 0 spiro atoms. The molecule has 0 atom stereocenters. The summed E-state index contributed by atoms with van der Waals surface area (Å²) in [4.78, 5) is 2.53. The van der Waals surface area contributed by atoms with Crippen molar-refractivity contribution in [2.45, 2.75) is 53.0 Å². The van der Waals surface area contributed by atoms with Crippen LogP contribution in [0, 0.1) is 5.41 Å². The molecule has 0 radical (unpaired) electrons. The van der Waals surface area contributed by atoms with Crippen LogP contribution in [0.1, 0.15) is 47.0 Å². The van der Waals surface area contributed by atoms with Gasteiger partial charge >= 0.3 is 0 Å². The molecular formula is C15H32N2O. The first kappa shape index (κ1) is 15.9. The minimum Gasteiger partial charge on any atom is -0.380 e. The van der Waals surface area contributed by atoms with Crippen molar-refractivity contribution in [3.05, 3.63) is 0 Å². The first-order valence-corrected chi connectivity index (χ1v) is 7.53. The van der Waals surface area contributed by atoms with Crippen LogP contribution in [-0.2, 0) is 4.74 Å². The molecule has 1 N–H and O–H groups in total. The molecule has 0 aliphatic carbocycles. The van der Waals surface area contributed by atoms with Gasteiger partial charge in [0.05, 0.1) is 13.2 Å². The van der Waals surface area contributed by atoms with E-state index in [1.54, 1.807) is 0 Å². The van der Waals surface area contributed by atoms with Gasteiger partial charge in [0.25, 0.3) is 0 Å². The molecule has 3 nitrogen and oxygen atoms in total. The predicted octanol–water partition coefficient (Wildman–Crippen LogP) is 2.51. The summed E-state index contributed by atoms with van der Waals surface area (Å²) in [7, 11) is 0. The van der Waals surface area contributed by atoms with Gasteiger partial charge in [0.15, 0.2) is 0 Å². The lowest BCUT2D eigenvalue weighted by molar-refractivity contribution is 0.0436. The predicted molar refractivity (Wildman–Crippen MR) is 78.0 cm³/mol. The van der Waals surface area contributed by atoms with Gasteiger partial charge < -0.3 is 15.0 Å². The Bertz CT molecular complexity index is 211. The highest BCUT2D eigenvalue weighted by molar-refractivity contribution is 4.72. The van der Waals surface area contributed by atoms with Gasteiger partial charge in [-0.1, -0.05) is 34.1 Å². The molecule has 1 heterocycles. The molecule has 3 heteroatoms. The summed E-state index contributed by atoms with van der Waals surface area (Å²) >= 11 is 0. The Morgan fingerprint density at radius 1 is 1.17 bits per heavy atom. The lowest BCUT2D eigenvalue weighted by Gasteiger charge is -2.28. The third kappa shape index (κ3) is 7.34. The van der Waals surface area contributed by atoms with Crippen molar-refractivity contribution < 1.29 is 4.74 Å². The fourth-order valence-corrected chi connectivity index (χ4v) is 2.26. The topological polar surface area (TPSA) is 24.5 Å². The molecule has 0 saturated carbocycles. The van der Waals surface area contributed by atoms with Gasteiger partial charge in [0.1, 0.15) is 0 Å². The average Bonchev–Trinajstić information content (AvgIpc) is 2.34. The monoisotopic (exact) mass is 256 g/mol. The van der Waals surface area contributed by atoms with Crippen molar-refractivity contribution in [1.29, 1.82) is 0 Å². The third-order valence-corrected chi connectivity index (χ3v) is 3.48. The van der Waals surface area contributed by atoms with Gasteiger partial charge in [0.2, 0.25) is 0 Å². The highest BCUT2D eigenvalue weighted by atomic mass is 16.5. The molecule has 0 amide bonds. The number of hydrogen-bond acceptors (Lipinski definition) is 3. The average molecular weight is 256 g/mol. The Kier molecular flexibility index (Phi) is 7.20. The van der Waals surface area contributed by atoms with Crippen LogP contribution in [0.25, 0.3) is 0 Å².